The zero-order chi connectivity index (χ0) is 12.4. The Bertz CT molecular complexity index is 660. The normalized spacial score (nSPS) is 10.5. The summed E-state index contributed by atoms with van der Waals surface area (Å²) in [6, 6.07) is 7.06. The van der Waals surface area contributed by atoms with Crippen LogP contribution in [0, 0.1) is 4.77 Å². The van der Waals surface area contributed by atoms with Crippen molar-refractivity contribution in [3.63, 3.8) is 0 Å². The number of halogens is 1. The summed E-state index contributed by atoms with van der Waals surface area (Å²) in [5.74, 6) is 0. The molecule has 0 radical (unpaired) electrons. The van der Waals surface area contributed by atoms with Gasteiger partial charge in [-0.1, -0.05) is 24.6 Å². The van der Waals surface area contributed by atoms with Gasteiger partial charge in [0.1, 0.15) is 0 Å². The summed E-state index contributed by atoms with van der Waals surface area (Å²) in [6.45, 7) is 1.93. The molecule has 17 heavy (non-hydrogen) atoms. The molecule has 2 aromatic rings. The first-order chi connectivity index (χ1) is 8.13. The third kappa shape index (κ3) is 2.33. The molecule has 0 atom stereocenters. The van der Waals surface area contributed by atoms with Crippen LogP contribution in [0.15, 0.2) is 35.3 Å². The fraction of sp³-hybridized carbons (Fsp3) is 0.167. The number of hydrogen-bond donors (Lipinski definition) is 1. The van der Waals surface area contributed by atoms with Gasteiger partial charge in [0, 0.05) is 16.8 Å². The minimum atomic E-state index is -0.0986. The minimum Gasteiger partial charge on any atom is -0.338 e. The van der Waals surface area contributed by atoms with Gasteiger partial charge in [-0.2, -0.15) is 0 Å². The predicted octanol–water partition coefficient (Wildman–Crippen LogP) is 3.11. The first-order valence-corrected chi connectivity index (χ1v) is 6.01. The SMILES string of the molecule is CCc1c[nH]c(=S)n(-c2cccc(Cl)c2)c1=O. The molecule has 88 valence electrons. The smallest absolute Gasteiger partial charge is 0.262 e. The Hall–Kier alpha value is -1.39. The van der Waals surface area contributed by atoms with Crippen LogP contribution in [0.2, 0.25) is 5.02 Å². The molecule has 0 aliphatic carbocycles. The van der Waals surface area contributed by atoms with Crippen LogP contribution < -0.4 is 5.56 Å². The number of nitrogens with zero attached hydrogens (tertiary/aromatic N) is 1. The van der Waals surface area contributed by atoms with E-state index in [1.807, 2.05) is 6.92 Å². The number of H-pyrrole nitrogens is 1. The molecule has 1 aromatic heterocycles. The van der Waals surface area contributed by atoms with Crippen molar-refractivity contribution in [3.8, 4) is 5.69 Å². The average Bonchev–Trinajstić information content (AvgIpc) is 2.29. The van der Waals surface area contributed by atoms with E-state index in [2.05, 4.69) is 4.98 Å². The van der Waals surface area contributed by atoms with Crippen molar-refractivity contribution in [2.24, 2.45) is 0 Å². The largest absolute Gasteiger partial charge is 0.338 e. The van der Waals surface area contributed by atoms with Gasteiger partial charge in [0.15, 0.2) is 4.77 Å². The summed E-state index contributed by atoms with van der Waals surface area (Å²) in [6.07, 6.45) is 2.32. The van der Waals surface area contributed by atoms with E-state index in [1.54, 1.807) is 30.5 Å². The highest BCUT2D eigenvalue weighted by atomic mass is 35.5. The second-order valence-corrected chi connectivity index (χ2v) is 4.42. The Labute approximate surface area is 109 Å². The van der Waals surface area contributed by atoms with E-state index < -0.39 is 0 Å². The molecule has 0 saturated carbocycles. The number of aromatic nitrogens is 2. The van der Waals surface area contributed by atoms with Gasteiger partial charge < -0.3 is 4.98 Å². The Morgan fingerprint density at radius 1 is 1.47 bits per heavy atom. The Morgan fingerprint density at radius 3 is 2.88 bits per heavy atom. The molecule has 0 fully saturated rings. The lowest BCUT2D eigenvalue weighted by atomic mass is 10.2. The van der Waals surface area contributed by atoms with Crippen molar-refractivity contribution in [3.05, 3.63) is 56.2 Å². The highest BCUT2D eigenvalue weighted by Crippen LogP contribution is 2.13. The van der Waals surface area contributed by atoms with Gasteiger partial charge in [-0.25, -0.2) is 0 Å². The van der Waals surface area contributed by atoms with E-state index >= 15 is 0 Å². The molecule has 3 nitrogen and oxygen atoms in total. The molecule has 2 rings (SSSR count). The molecule has 0 aliphatic rings. The number of hydrogen-bond acceptors (Lipinski definition) is 2. The quantitative estimate of drug-likeness (QED) is 0.848. The van der Waals surface area contributed by atoms with E-state index in [4.69, 9.17) is 23.8 Å². The molecule has 1 N–H and O–H groups in total. The van der Waals surface area contributed by atoms with Crippen LogP contribution >= 0.6 is 23.8 Å². The maximum absolute atomic E-state index is 12.2. The lowest BCUT2D eigenvalue weighted by Gasteiger charge is -2.07. The summed E-state index contributed by atoms with van der Waals surface area (Å²) in [7, 11) is 0. The van der Waals surface area contributed by atoms with Gasteiger partial charge in [0.05, 0.1) is 5.69 Å². The first-order valence-electron chi connectivity index (χ1n) is 5.23. The molecule has 1 aromatic carbocycles. The molecule has 1 heterocycles. The van der Waals surface area contributed by atoms with Crippen LogP contribution in [0.1, 0.15) is 12.5 Å². The van der Waals surface area contributed by atoms with Crippen LogP contribution in [0.25, 0.3) is 5.69 Å². The van der Waals surface area contributed by atoms with E-state index in [0.29, 0.717) is 27.5 Å². The van der Waals surface area contributed by atoms with Crippen LogP contribution in [-0.2, 0) is 6.42 Å². The van der Waals surface area contributed by atoms with Crippen LogP contribution in [-0.4, -0.2) is 9.55 Å². The number of benzene rings is 1. The number of nitrogens with one attached hydrogen (secondary N) is 1. The standard InChI is InChI=1S/C12H11ClN2OS/c1-2-8-7-14-12(17)15(11(8)16)10-5-3-4-9(13)6-10/h3-7H,2H2,1H3,(H,14,17). The van der Waals surface area contributed by atoms with Gasteiger partial charge in [-0.05, 0) is 36.8 Å². The van der Waals surface area contributed by atoms with Gasteiger partial charge in [0.2, 0.25) is 0 Å². The zero-order valence-corrected chi connectivity index (χ0v) is 10.8. The molecule has 0 unspecified atom stereocenters. The third-order valence-electron chi connectivity index (χ3n) is 2.50. The second kappa shape index (κ2) is 4.85. The molecule has 0 aliphatic heterocycles. The lowest BCUT2D eigenvalue weighted by molar-refractivity contribution is 0.872. The van der Waals surface area contributed by atoms with E-state index in [1.165, 1.54) is 4.57 Å². The molecular weight excluding hydrogens is 256 g/mol. The Balaban J connectivity index is 2.75. The highest BCUT2D eigenvalue weighted by Gasteiger charge is 2.06. The summed E-state index contributed by atoms with van der Waals surface area (Å²) in [4.78, 5) is 15.1. The van der Waals surface area contributed by atoms with Crippen molar-refractivity contribution < 1.29 is 0 Å². The molecule has 0 amide bonds. The zero-order valence-electron chi connectivity index (χ0n) is 9.24. The second-order valence-electron chi connectivity index (χ2n) is 3.59. The maximum atomic E-state index is 12.2. The lowest BCUT2D eigenvalue weighted by Crippen LogP contribution is -2.23. The monoisotopic (exact) mass is 266 g/mol. The first kappa shape index (κ1) is 12.1. The van der Waals surface area contributed by atoms with Gasteiger partial charge in [0.25, 0.3) is 5.56 Å². The molecule has 0 spiro atoms. The molecule has 0 saturated heterocycles. The van der Waals surface area contributed by atoms with Crippen molar-refractivity contribution in [2.45, 2.75) is 13.3 Å². The Kier molecular flexibility index (Phi) is 3.45. The topological polar surface area (TPSA) is 37.8 Å². The summed E-state index contributed by atoms with van der Waals surface area (Å²) < 4.78 is 1.83. The third-order valence-corrected chi connectivity index (χ3v) is 3.03. The molecular formula is C12H11ClN2OS. The molecule has 5 heteroatoms. The number of aryl methyl sites for hydroxylation is 1. The van der Waals surface area contributed by atoms with Crippen LogP contribution in [0.4, 0.5) is 0 Å². The van der Waals surface area contributed by atoms with Crippen LogP contribution in [0.5, 0.6) is 0 Å². The number of aromatic amines is 1. The highest BCUT2D eigenvalue weighted by molar-refractivity contribution is 7.71. The fourth-order valence-electron chi connectivity index (χ4n) is 1.61. The van der Waals surface area contributed by atoms with E-state index in [-0.39, 0.29) is 5.56 Å². The van der Waals surface area contributed by atoms with Crippen molar-refractivity contribution in [2.75, 3.05) is 0 Å². The van der Waals surface area contributed by atoms with Gasteiger partial charge in [-0.15, -0.1) is 0 Å². The summed E-state index contributed by atoms with van der Waals surface area (Å²) in [5, 5.41) is 0.575. The van der Waals surface area contributed by atoms with Crippen molar-refractivity contribution in [1.29, 1.82) is 0 Å². The van der Waals surface area contributed by atoms with Crippen molar-refractivity contribution >= 4 is 23.8 Å². The molecule has 0 bridgehead atoms. The fourth-order valence-corrected chi connectivity index (χ4v) is 2.05. The average molecular weight is 267 g/mol. The van der Waals surface area contributed by atoms with Gasteiger partial charge in [-0.3, -0.25) is 9.36 Å². The van der Waals surface area contributed by atoms with E-state index in [0.717, 1.165) is 0 Å². The summed E-state index contributed by atoms with van der Waals surface area (Å²) in [5.41, 5.74) is 1.27. The predicted molar refractivity (Wildman–Crippen MR) is 71.6 cm³/mol. The maximum Gasteiger partial charge on any atom is 0.262 e. The number of rotatable bonds is 2. The minimum absolute atomic E-state index is 0.0986. The van der Waals surface area contributed by atoms with Crippen molar-refractivity contribution in [1.82, 2.24) is 9.55 Å². The Morgan fingerprint density at radius 2 is 2.24 bits per heavy atom. The summed E-state index contributed by atoms with van der Waals surface area (Å²) >= 11 is 11.1. The van der Waals surface area contributed by atoms with E-state index in [9.17, 15) is 4.79 Å². The van der Waals surface area contributed by atoms with Crippen LogP contribution in [0.3, 0.4) is 0 Å². The van der Waals surface area contributed by atoms with Gasteiger partial charge >= 0.3 is 0 Å².